The number of nitrogens with one attached hydrogen (secondary N) is 1. The summed E-state index contributed by atoms with van der Waals surface area (Å²) >= 11 is 0. The van der Waals surface area contributed by atoms with E-state index < -0.39 is 23.3 Å². The Morgan fingerprint density at radius 2 is 2.17 bits per heavy atom. The SMILES string of the molecule is Nc1ncc(-c2cc3n(n2)CCOC32CCNC2)nc1C(F)(F)F. The van der Waals surface area contributed by atoms with Gasteiger partial charge in [0.25, 0.3) is 0 Å². The second-order valence-corrected chi connectivity index (χ2v) is 5.89. The van der Waals surface area contributed by atoms with E-state index in [0.29, 0.717) is 25.4 Å². The molecule has 2 aliphatic heterocycles. The second-order valence-electron chi connectivity index (χ2n) is 5.89. The summed E-state index contributed by atoms with van der Waals surface area (Å²) in [7, 11) is 0. The molecule has 0 aromatic carbocycles. The summed E-state index contributed by atoms with van der Waals surface area (Å²) in [6.07, 6.45) is -2.66. The number of nitrogen functional groups attached to an aromatic ring is 1. The molecule has 1 atom stereocenters. The smallest absolute Gasteiger partial charge is 0.382 e. The van der Waals surface area contributed by atoms with E-state index in [0.717, 1.165) is 18.7 Å². The summed E-state index contributed by atoms with van der Waals surface area (Å²) in [6.45, 7) is 2.53. The van der Waals surface area contributed by atoms with Gasteiger partial charge >= 0.3 is 6.18 Å². The third-order valence-corrected chi connectivity index (χ3v) is 4.38. The van der Waals surface area contributed by atoms with Gasteiger partial charge in [-0.2, -0.15) is 18.3 Å². The minimum atomic E-state index is -4.66. The van der Waals surface area contributed by atoms with Gasteiger partial charge in [0.05, 0.1) is 25.0 Å². The Morgan fingerprint density at radius 3 is 2.88 bits per heavy atom. The van der Waals surface area contributed by atoms with E-state index in [1.807, 2.05) is 0 Å². The van der Waals surface area contributed by atoms with E-state index >= 15 is 0 Å². The second kappa shape index (κ2) is 5.15. The van der Waals surface area contributed by atoms with E-state index in [2.05, 4.69) is 20.4 Å². The first-order chi connectivity index (χ1) is 11.4. The third kappa shape index (κ3) is 2.33. The average molecular weight is 340 g/mol. The quantitative estimate of drug-likeness (QED) is 0.810. The van der Waals surface area contributed by atoms with Crippen LogP contribution in [-0.4, -0.2) is 39.4 Å². The molecule has 2 aliphatic rings. The number of aromatic nitrogens is 4. The number of hydrogen-bond donors (Lipinski definition) is 2. The molecule has 1 fully saturated rings. The van der Waals surface area contributed by atoms with Gasteiger partial charge in [-0.15, -0.1) is 0 Å². The Balaban J connectivity index is 1.78. The zero-order valence-electron chi connectivity index (χ0n) is 12.6. The number of ether oxygens (including phenoxy) is 1. The number of hydrogen-bond acceptors (Lipinski definition) is 6. The van der Waals surface area contributed by atoms with Gasteiger partial charge in [-0.05, 0) is 19.0 Å². The Morgan fingerprint density at radius 1 is 1.33 bits per heavy atom. The van der Waals surface area contributed by atoms with Crippen LogP contribution >= 0.6 is 0 Å². The Bertz CT molecular complexity index is 781. The lowest BCUT2D eigenvalue weighted by molar-refractivity contribution is -0.140. The van der Waals surface area contributed by atoms with Crippen LogP contribution in [-0.2, 0) is 23.1 Å². The van der Waals surface area contributed by atoms with Crippen molar-refractivity contribution in [2.75, 3.05) is 25.4 Å². The maximum atomic E-state index is 13.0. The highest BCUT2D eigenvalue weighted by Gasteiger charge is 2.42. The molecule has 7 nitrogen and oxygen atoms in total. The molecule has 10 heteroatoms. The monoisotopic (exact) mass is 340 g/mol. The molecule has 0 saturated carbocycles. The Hall–Kier alpha value is -2.20. The molecule has 0 radical (unpaired) electrons. The summed E-state index contributed by atoms with van der Waals surface area (Å²) in [6, 6.07) is 1.73. The normalized spacial score (nSPS) is 23.6. The Kier molecular flexibility index (Phi) is 3.29. The van der Waals surface area contributed by atoms with Gasteiger partial charge in [0.2, 0.25) is 0 Å². The van der Waals surface area contributed by atoms with Crippen molar-refractivity contribution in [3.63, 3.8) is 0 Å². The maximum Gasteiger partial charge on any atom is 0.437 e. The molecule has 2 aromatic heterocycles. The van der Waals surface area contributed by atoms with Crippen LogP contribution in [0.3, 0.4) is 0 Å². The van der Waals surface area contributed by atoms with Crippen molar-refractivity contribution in [1.29, 1.82) is 0 Å². The van der Waals surface area contributed by atoms with Crippen LogP contribution in [0.2, 0.25) is 0 Å². The summed E-state index contributed by atoms with van der Waals surface area (Å²) in [5.41, 5.74) is 4.85. The predicted molar refractivity (Wildman–Crippen MR) is 77.8 cm³/mol. The standard InChI is InChI=1S/C14H15F3N6O/c15-14(16,17)11-12(18)20-6-9(21-11)8-5-10-13(1-2-19-7-13)24-4-3-23(10)22-8/h5-6,19H,1-4,7H2,(H2,18,20). The molecule has 24 heavy (non-hydrogen) atoms. The van der Waals surface area contributed by atoms with Crippen molar-refractivity contribution in [3.8, 4) is 11.4 Å². The fraction of sp³-hybridized carbons (Fsp3) is 0.500. The van der Waals surface area contributed by atoms with E-state index in [-0.39, 0.29) is 5.69 Å². The average Bonchev–Trinajstić information content (AvgIpc) is 3.15. The third-order valence-electron chi connectivity index (χ3n) is 4.38. The van der Waals surface area contributed by atoms with Crippen molar-refractivity contribution >= 4 is 5.82 Å². The van der Waals surface area contributed by atoms with Crippen LogP contribution < -0.4 is 11.1 Å². The first-order valence-electron chi connectivity index (χ1n) is 7.52. The van der Waals surface area contributed by atoms with Crippen LogP contribution in [0.5, 0.6) is 0 Å². The number of fused-ring (bicyclic) bond motifs is 2. The van der Waals surface area contributed by atoms with Gasteiger partial charge in [-0.1, -0.05) is 0 Å². The molecule has 1 spiro atoms. The zero-order valence-corrected chi connectivity index (χ0v) is 12.6. The molecule has 2 aromatic rings. The molecule has 4 rings (SSSR count). The van der Waals surface area contributed by atoms with E-state index in [9.17, 15) is 13.2 Å². The lowest BCUT2D eigenvalue weighted by Crippen LogP contribution is -2.40. The number of anilines is 1. The highest BCUT2D eigenvalue weighted by atomic mass is 19.4. The fourth-order valence-corrected chi connectivity index (χ4v) is 3.22. The van der Waals surface area contributed by atoms with Crippen LogP contribution in [0.1, 0.15) is 17.8 Å². The van der Waals surface area contributed by atoms with Gasteiger partial charge < -0.3 is 15.8 Å². The van der Waals surface area contributed by atoms with Gasteiger partial charge in [0.1, 0.15) is 17.0 Å². The van der Waals surface area contributed by atoms with Gasteiger partial charge in [-0.25, -0.2) is 9.97 Å². The molecular formula is C14H15F3N6O. The molecule has 4 heterocycles. The number of halogens is 3. The van der Waals surface area contributed by atoms with Crippen LogP contribution in [0.25, 0.3) is 11.4 Å². The van der Waals surface area contributed by atoms with Crippen LogP contribution in [0.4, 0.5) is 19.0 Å². The van der Waals surface area contributed by atoms with Crippen molar-refractivity contribution in [2.24, 2.45) is 0 Å². The lowest BCUT2D eigenvalue weighted by atomic mass is 9.96. The van der Waals surface area contributed by atoms with Gasteiger partial charge in [0.15, 0.2) is 11.5 Å². The topological polar surface area (TPSA) is 90.9 Å². The van der Waals surface area contributed by atoms with Crippen molar-refractivity contribution in [3.05, 3.63) is 23.7 Å². The molecule has 1 unspecified atom stereocenters. The molecule has 0 aliphatic carbocycles. The van der Waals surface area contributed by atoms with Gasteiger partial charge in [-0.3, -0.25) is 4.68 Å². The van der Waals surface area contributed by atoms with E-state index in [4.69, 9.17) is 10.5 Å². The first kappa shape index (κ1) is 15.3. The van der Waals surface area contributed by atoms with Crippen molar-refractivity contribution < 1.29 is 17.9 Å². The summed E-state index contributed by atoms with van der Waals surface area (Å²) in [5, 5.41) is 7.64. The summed E-state index contributed by atoms with van der Waals surface area (Å²) < 4.78 is 46.6. The summed E-state index contributed by atoms with van der Waals surface area (Å²) in [4.78, 5) is 7.25. The Labute approximate surface area is 135 Å². The molecule has 1 saturated heterocycles. The number of alkyl halides is 3. The first-order valence-corrected chi connectivity index (χ1v) is 7.52. The molecule has 0 amide bonds. The molecule has 128 valence electrons. The van der Waals surface area contributed by atoms with Gasteiger partial charge in [0, 0.05) is 6.54 Å². The predicted octanol–water partition coefficient (Wildman–Crippen LogP) is 1.16. The highest BCUT2D eigenvalue weighted by molar-refractivity contribution is 5.56. The highest BCUT2D eigenvalue weighted by Crippen LogP contribution is 2.37. The van der Waals surface area contributed by atoms with Crippen molar-refractivity contribution in [2.45, 2.75) is 24.7 Å². The number of nitrogens with zero attached hydrogens (tertiary/aromatic N) is 4. The molecular weight excluding hydrogens is 325 g/mol. The lowest BCUT2D eigenvalue weighted by Gasteiger charge is -2.33. The minimum Gasteiger partial charge on any atom is -0.382 e. The zero-order chi connectivity index (χ0) is 16.9. The van der Waals surface area contributed by atoms with Crippen LogP contribution in [0.15, 0.2) is 12.3 Å². The minimum absolute atomic E-state index is 0.0412. The number of rotatable bonds is 1. The maximum absolute atomic E-state index is 13.0. The number of nitrogens with two attached hydrogens (primary N) is 1. The molecule has 3 N–H and O–H groups in total. The summed E-state index contributed by atoms with van der Waals surface area (Å²) in [5.74, 6) is -0.644. The largest absolute Gasteiger partial charge is 0.437 e. The fourth-order valence-electron chi connectivity index (χ4n) is 3.22. The van der Waals surface area contributed by atoms with E-state index in [1.54, 1.807) is 10.7 Å². The molecule has 0 bridgehead atoms. The van der Waals surface area contributed by atoms with Crippen molar-refractivity contribution in [1.82, 2.24) is 25.1 Å². The van der Waals surface area contributed by atoms with E-state index in [1.165, 1.54) is 6.20 Å². The van der Waals surface area contributed by atoms with Crippen LogP contribution in [0, 0.1) is 0 Å².